The van der Waals surface area contributed by atoms with Crippen LogP contribution in [-0.4, -0.2) is 54.2 Å². The molecule has 12 heteroatoms. The number of anilines is 1. The molecule has 3 N–H and O–H groups in total. The number of nitrogens with one attached hydrogen (secondary N) is 1. The molecule has 2 aromatic carbocycles. The Bertz CT molecular complexity index is 1240. The van der Waals surface area contributed by atoms with Crippen LogP contribution in [0.5, 0.6) is 0 Å². The van der Waals surface area contributed by atoms with Gasteiger partial charge in [0.25, 0.3) is 0 Å². The molecule has 0 spiro atoms. The summed E-state index contributed by atoms with van der Waals surface area (Å²) in [5.41, 5.74) is 3.24. The topological polar surface area (TPSA) is 149 Å². The SMILES string of the molecule is Cn1nnnc1SC[C@@H]1C[C@H](c2ccc(CO)cc2)O[C@H](c2cccc(NC(=O)CCCCCC(=O)O)c2)O1. The largest absolute Gasteiger partial charge is 0.481 e. The predicted molar refractivity (Wildman–Crippen MR) is 144 cm³/mol. The first kappa shape index (κ1) is 28.7. The van der Waals surface area contributed by atoms with E-state index in [0.717, 1.165) is 16.7 Å². The molecule has 1 aliphatic rings. The zero-order valence-corrected chi connectivity index (χ0v) is 22.5. The Hall–Kier alpha value is -3.32. The van der Waals surface area contributed by atoms with E-state index in [9.17, 15) is 14.7 Å². The first-order valence-electron chi connectivity index (χ1n) is 12.9. The highest BCUT2D eigenvalue weighted by Gasteiger charge is 2.32. The van der Waals surface area contributed by atoms with Gasteiger partial charge in [0.05, 0.1) is 18.8 Å². The number of carboxylic acid groups (broad SMARTS) is 1. The van der Waals surface area contributed by atoms with Crippen LogP contribution in [0.2, 0.25) is 0 Å². The molecule has 1 amide bonds. The number of nitrogens with zero attached hydrogens (tertiary/aromatic N) is 4. The summed E-state index contributed by atoms with van der Waals surface area (Å²) in [4.78, 5) is 23.1. The number of tetrazole rings is 1. The van der Waals surface area contributed by atoms with Gasteiger partial charge in [-0.05, 0) is 46.5 Å². The quantitative estimate of drug-likeness (QED) is 0.209. The second-order valence-electron chi connectivity index (χ2n) is 9.37. The Kier molecular flexibility index (Phi) is 10.4. The Morgan fingerprint density at radius 1 is 1.08 bits per heavy atom. The van der Waals surface area contributed by atoms with Gasteiger partial charge in [-0.25, -0.2) is 4.68 Å². The van der Waals surface area contributed by atoms with E-state index < -0.39 is 12.3 Å². The number of amides is 1. The second-order valence-corrected chi connectivity index (χ2v) is 10.4. The molecule has 1 saturated heterocycles. The van der Waals surface area contributed by atoms with Gasteiger partial charge in [-0.1, -0.05) is 54.6 Å². The highest BCUT2D eigenvalue weighted by Crippen LogP contribution is 2.39. The maximum absolute atomic E-state index is 12.4. The van der Waals surface area contributed by atoms with E-state index in [1.807, 2.05) is 48.5 Å². The number of aliphatic hydroxyl groups is 1. The number of carbonyl (C=O) groups is 2. The molecule has 11 nitrogen and oxygen atoms in total. The summed E-state index contributed by atoms with van der Waals surface area (Å²) in [5.74, 6) is -0.321. The van der Waals surface area contributed by atoms with E-state index in [1.54, 1.807) is 11.7 Å². The van der Waals surface area contributed by atoms with Crippen molar-refractivity contribution < 1.29 is 29.3 Å². The molecule has 3 aromatic rings. The second kappa shape index (κ2) is 14.2. The number of unbranched alkanes of at least 4 members (excludes halogenated alkanes) is 2. The Morgan fingerprint density at radius 3 is 2.59 bits per heavy atom. The molecule has 208 valence electrons. The maximum atomic E-state index is 12.4. The number of hydrogen-bond acceptors (Lipinski definition) is 9. The summed E-state index contributed by atoms with van der Waals surface area (Å²) in [5, 5.41) is 33.4. The predicted octanol–water partition coefficient (Wildman–Crippen LogP) is 4.01. The van der Waals surface area contributed by atoms with E-state index in [2.05, 4.69) is 20.8 Å². The summed E-state index contributed by atoms with van der Waals surface area (Å²) >= 11 is 1.51. The Labute approximate surface area is 230 Å². The molecule has 4 rings (SSSR count). The molecule has 0 unspecified atom stereocenters. The van der Waals surface area contributed by atoms with E-state index >= 15 is 0 Å². The zero-order chi connectivity index (χ0) is 27.6. The number of aromatic nitrogens is 4. The van der Waals surface area contributed by atoms with Crippen molar-refractivity contribution in [3.63, 3.8) is 0 Å². The summed E-state index contributed by atoms with van der Waals surface area (Å²) in [6.07, 6.45) is 1.91. The van der Waals surface area contributed by atoms with Gasteiger partial charge in [0.15, 0.2) is 6.29 Å². The maximum Gasteiger partial charge on any atom is 0.303 e. The van der Waals surface area contributed by atoms with Crippen molar-refractivity contribution in [2.24, 2.45) is 7.05 Å². The number of aliphatic hydroxyl groups excluding tert-OH is 1. The first-order chi connectivity index (χ1) is 18.9. The van der Waals surface area contributed by atoms with Gasteiger partial charge in [0.1, 0.15) is 0 Å². The van der Waals surface area contributed by atoms with E-state index in [-0.39, 0.29) is 31.1 Å². The van der Waals surface area contributed by atoms with Crippen LogP contribution in [0.15, 0.2) is 53.7 Å². The van der Waals surface area contributed by atoms with Gasteiger partial charge in [-0.15, -0.1) is 5.10 Å². The lowest BCUT2D eigenvalue weighted by atomic mass is 10.0. The number of carbonyl (C=O) groups excluding carboxylic acids is 1. The smallest absolute Gasteiger partial charge is 0.303 e. The molecular weight excluding hydrogens is 522 g/mol. The van der Waals surface area contributed by atoms with Gasteiger partial charge in [0.2, 0.25) is 11.1 Å². The zero-order valence-electron chi connectivity index (χ0n) is 21.7. The summed E-state index contributed by atoms with van der Waals surface area (Å²) in [6.45, 7) is -0.0244. The lowest BCUT2D eigenvalue weighted by molar-refractivity contribution is -0.245. The molecule has 1 aromatic heterocycles. The molecule has 0 saturated carbocycles. The lowest BCUT2D eigenvalue weighted by Crippen LogP contribution is -2.31. The number of hydrogen-bond donors (Lipinski definition) is 3. The minimum Gasteiger partial charge on any atom is -0.481 e. The summed E-state index contributed by atoms with van der Waals surface area (Å²) < 4.78 is 14.4. The minimum absolute atomic E-state index is 0.0244. The van der Waals surface area contributed by atoms with Crippen LogP contribution in [0, 0.1) is 0 Å². The average Bonchev–Trinajstić information content (AvgIpc) is 3.36. The molecule has 3 atom stereocenters. The van der Waals surface area contributed by atoms with Crippen molar-refractivity contribution in [1.29, 1.82) is 0 Å². The fourth-order valence-electron chi connectivity index (χ4n) is 4.26. The van der Waals surface area contributed by atoms with Crippen molar-refractivity contribution in [2.75, 3.05) is 11.1 Å². The van der Waals surface area contributed by atoms with Crippen molar-refractivity contribution >= 4 is 29.3 Å². The van der Waals surface area contributed by atoms with Gasteiger partial charge in [-0.3, -0.25) is 9.59 Å². The van der Waals surface area contributed by atoms with Crippen molar-refractivity contribution in [2.45, 2.75) is 68.8 Å². The highest BCUT2D eigenvalue weighted by atomic mass is 32.2. The molecule has 0 aliphatic carbocycles. The third kappa shape index (κ3) is 8.59. The van der Waals surface area contributed by atoms with Crippen molar-refractivity contribution in [3.05, 3.63) is 65.2 Å². The van der Waals surface area contributed by atoms with Crippen molar-refractivity contribution in [1.82, 2.24) is 20.2 Å². The van der Waals surface area contributed by atoms with Crippen LogP contribution in [-0.2, 0) is 32.7 Å². The van der Waals surface area contributed by atoms with E-state index in [0.29, 0.717) is 48.7 Å². The molecule has 2 heterocycles. The monoisotopic (exact) mass is 555 g/mol. The van der Waals surface area contributed by atoms with E-state index in [1.165, 1.54) is 11.8 Å². The molecule has 1 aliphatic heterocycles. The molecule has 1 fully saturated rings. The van der Waals surface area contributed by atoms with Gasteiger partial charge in [0, 0.05) is 43.3 Å². The molecule has 0 bridgehead atoms. The third-order valence-electron chi connectivity index (χ3n) is 6.33. The van der Waals surface area contributed by atoms with Crippen LogP contribution in [0.4, 0.5) is 5.69 Å². The van der Waals surface area contributed by atoms with Crippen LogP contribution in [0.1, 0.15) is 67.6 Å². The van der Waals surface area contributed by atoms with Crippen LogP contribution in [0.25, 0.3) is 0 Å². The third-order valence-corrected chi connectivity index (χ3v) is 7.47. The fourth-order valence-corrected chi connectivity index (χ4v) is 5.13. The van der Waals surface area contributed by atoms with Gasteiger partial charge in [-0.2, -0.15) is 0 Å². The van der Waals surface area contributed by atoms with Crippen LogP contribution in [0.3, 0.4) is 0 Å². The fraction of sp³-hybridized carbons (Fsp3) is 0.444. The summed E-state index contributed by atoms with van der Waals surface area (Å²) in [7, 11) is 1.79. The average molecular weight is 556 g/mol. The lowest BCUT2D eigenvalue weighted by Gasteiger charge is -2.36. The molecule has 39 heavy (non-hydrogen) atoms. The van der Waals surface area contributed by atoms with Crippen LogP contribution < -0.4 is 5.32 Å². The first-order valence-corrected chi connectivity index (χ1v) is 13.9. The molecular formula is C27H33N5O6S. The number of ether oxygens (including phenoxy) is 2. The number of rotatable bonds is 13. The minimum atomic E-state index is -0.820. The van der Waals surface area contributed by atoms with Crippen LogP contribution >= 0.6 is 11.8 Å². The molecule has 0 radical (unpaired) electrons. The Balaban J connectivity index is 1.43. The number of carboxylic acids is 1. The highest BCUT2D eigenvalue weighted by molar-refractivity contribution is 7.99. The standard InChI is InChI=1S/C27H33N5O6S/c1-32-27(29-30-31-32)39-17-22-15-23(19-12-10-18(16-33)11-13-19)38-26(37-22)20-6-5-7-21(14-20)28-24(34)8-3-2-4-9-25(35)36/h5-7,10-14,22-23,26,33H,2-4,8-9,15-17H2,1H3,(H,28,34)(H,35,36)/t22-,23+,26+/m0/s1. The number of aryl methyl sites for hydroxylation is 1. The Morgan fingerprint density at radius 2 is 1.87 bits per heavy atom. The normalized spacial score (nSPS) is 19.1. The summed E-state index contributed by atoms with van der Waals surface area (Å²) in [6, 6.07) is 15.1. The van der Waals surface area contributed by atoms with E-state index in [4.69, 9.17) is 14.6 Å². The van der Waals surface area contributed by atoms with Gasteiger partial charge >= 0.3 is 5.97 Å². The van der Waals surface area contributed by atoms with Gasteiger partial charge < -0.3 is 25.0 Å². The number of aliphatic carboxylic acids is 1. The number of thioether (sulfide) groups is 1. The van der Waals surface area contributed by atoms with Crippen molar-refractivity contribution in [3.8, 4) is 0 Å². The number of benzene rings is 2.